The first kappa shape index (κ1) is 19.4. The highest BCUT2D eigenvalue weighted by molar-refractivity contribution is 6.02. The molecule has 4 rings (SSSR count). The van der Waals surface area contributed by atoms with E-state index in [1.807, 2.05) is 0 Å². The predicted octanol–water partition coefficient (Wildman–Crippen LogP) is 3.62. The van der Waals surface area contributed by atoms with E-state index in [4.69, 9.17) is 9.47 Å². The van der Waals surface area contributed by atoms with Gasteiger partial charge in [-0.25, -0.2) is 23.5 Å². The third-order valence-corrected chi connectivity index (χ3v) is 4.51. The second-order valence-electron chi connectivity index (χ2n) is 6.48. The highest BCUT2D eigenvalue weighted by Crippen LogP contribution is 2.24. The molecule has 4 aromatic rings. The first-order valence-electron chi connectivity index (χ1n) is 8.87. The minimum Gasteiger partial charge on any atom is -0.497 e. The molecule has 7 nitrogen and oxygen atoms in total. The fraction of sp³-hybridized carbons (Fsp3) is 0.143. The Kier molecular flexibility index (Phi) is 5.09. The van der Waals surface area contributed by atoms with Crippen LogP contribution in [0, 0.1) is 11.6 Å². The largest absolute Gasteiger partial charge is 0.497 e. The molecule has 2 aromatic heterocycles. The summed E-state index contributed by atoms with van der Waals surface area (Å²) in [6.45, 7) is 0.242. The zero-order valence-corrected chi connectivity index (χ0v) is 16.1. The zero-order chi connectivity index (χ0) is 21.3. The summed E-state index contributed by atoms with van der Waals surface area (Å²) in [4.78, 5) is 20.6. The molecule has 0 saturated carbocycles. The zero-order valence-electron chi connectivity index (χ0n) is 16.1. The minimum absolute atomic E-state index is 0.0781. The number of aromatic nitrogens is 4. The van der Waals surface area contributed by atoms with Gasteiger partial charge in [0.25, 0.3) is 0 Å². The maximum atomic E-state index is 13.8. The van der Waals surface area contributed by atoms with Gasteiger partial charge in [0.15, 0.2) is 5.82 Å². The van der Waals surface area contributed by atoms with E-state index in [1.54, 1.807) is 23.1 Å². The number of halogens is 2. The number of carbonyl (C=O) groups is 1. The van der Waals surface area contributed by atoms with Gasteiger partial charge in [-0.1, -0.05) is 0 Å². The first-order chi connectivity index (χ1) is 14.5. The number of nitrogens with zero attached hydrogens (tertiary/aromatic N) is 4. The van der Waals surface area contributed by atoms with Crippen molar-refractivity contribution in [1.29, 1.82) is 0 Å². The van der Waals surface area contributed by atoms with E-state index >= 15 is 0 Å². The van der Waals surface area contributed by atoms with Crippen molar-refractivity contribution in [2.24, 2.45) is 0 Å². The second-order valence-corrected chi connectivity index (χ2v) is 6.48. The van der Waals surface area contributed by atoms with Gasteiger partial charge in [-0.3, -0.25) is 4.68 Å². The lowest BCUT2D eigenvalue weighted by molar-refractivity contribution is 0.0602. The number of carbonyl (C=O) groups excluding carboxylic acids is 1. The third kappa shape index (κ3) is 3.69. The Balaban J connectivity index is 1.67. The van der Waals surface area contributed by atoms with Gasteiger partial charge in [-0.2, -0.15) is 5.10 Å². The smallest absolute Gasteiger partial charge is 0.340 e. The quantitative estimate of drug-likeness (QED) is 0.468. The van der Waals surface area contributed by atoms with E-state index in [0.717, 1.165) is 6.07 Å². The number of fused-ring (bicyclic) bond motifs is 1. The first-order valence-corrected chi connectivity index (χ1v) is 8.87. The third-order valence-electron chi connectivity index (χ3n) is 4.51. The van der Waals surface area contributed by atoms with E-state index in [1.165, 1.54) is 38.6 Å². The Morgan fingerprint density at radius 1 is 1.00 bits per heavy atom. The molecule has 2 aromatic carbocycles. The monoisotopic (exact) mass is 410 g/mol. The molecule has 0 N–H and O–H groups in total. The van der Waals surface area contributed by atoms with E-state index in [-0.39, 0.29) is 12.1 Å². The lowest BCUT2D eigenvalue weighted by atomic mass is 10.1. The number of hydrogen-bond acceptors (Lipinski definition) is 6. The molecule has 0 bridgehead atoms. The molecule has 30 heavy (non-hydrogen) atoms. The van der Waals surface area contributed by atoms with Gasteiger partial charge in [-0.15, -0.1) is 0 Å². The van der Waals surface area contributed by atoms with Crippen molar-refractivity contribution in [1.82, 2.24) is 19.7 Å². The predicted molar refractivity (Wildman–Crippen MR) is 104 cm³/mol. The van der Waals surface area contributed by atoms with Gasteiger partial charge < -0.3 is 9.47 Å². The number of esters is 1. The van der Waals surface area contributed by atoms with Crippen molar-refractivity contribution in [3.63, 3.8) is 0 Å². The van der Waals surface area contributed by atoms with Gasteiger partial charge in [-0.05, 0) is 24.3 Å². The lowest BCUT2D eigenvalue weighted by Crippen LogP contribution is -2.09. The van der Waals surface area contributed by atoms with Crippen molar-refractivity contribution >= 4 is 16.9 Å². The molecule has 0 unspecified atom stereocenters. The summed E-state index contributed by atoms with van der Waals surface area (Å²) in [5, 5.41) is 4.72. The lowest BCUT2D eigenvalue weighted by Gasteiger charge is -2.08. The summed E-state index contributed by atoms with van der Waals surface area (Å²) >= 11 is 0. The molecule has 0 saturated heterocycles. The average Bonchev–Trinajstić information content (AvgIpc) is 3.14. The molecule has 152 valence electrons. The van der Waals surface area contributed by atoms with Crippen LogP contribution in [0.25, 0.3) is 22.3 Å². The van der Waals surface area contributed by atoms with Crippen LogP contribution in [0.3, 0.4) is 0 Å². The Labute approximate surface area is 169 Å². The van der Waals surface area contributed by atoms with E-state index in [2.05, 4.69) is 15.1 Å². The topological polar surface area (TPSA) is 79.1 Å². The molecule has 0 radical (unpaired) electrons. The summed E-state index contributed by atoms with van der Waals surface area (Å²) in [5.74, 6) is -0.973. The molecular formula is C21H16F2N4O3. The summed E-state index contributed by atoms with van der Waals surface area (Å²) in [6.07, 6.45) is 4.63. The van der Waals surface area contributed by atoms with E-state index < -0.39 is 17.6 Å². The standard InChI is InChI=1S/C21H16F2N4O3/c1-29-17-5-13(3-15(22)6-17)20-24-8-12(9-25-20)11-27-19-14(10-26-27)4-16(23)7-18(19)21(28)30-2/h3-10H,11H2,1-2H3. The maximum absolute atomic E-state index is 13.8. The highest BCUT2D eigenvalue weighted by atomic mass is 19.1. The summed E-state index contributed by atoms with van der Waals surface area (Å²) in [5.41, 5.74) is 1.69. The van der Waals surface area contributed by atoms with Crippen LogP contribution in [-0.4, -0.2) is 39.9 Å². The SMILES string of the molecule is COC(=O)c1cc(F)cc2cnn(Cc3cnc(-c4cc(F)cc(OC)c4)nc3)c12. The van der Waals surface area contributed by atoms with Crippen LogP contribution in [0.1, 0.15) is 15.9 Å². The summed E-state index contributed by atoms with van der Waals surface area (Å²) in [7, 11) is 2.68. The number of ether oxygens (including phenoxy) is 2. The van der Waals surface area contributed by atoms with Gasteiger partial charge in [0, 0.05) is 35.0 Å². The van der Waals surface area contributed by atoms with Crippen LogP contribution in [0.15, 0.2) is 48.9 Å². The molecule has 0 atom stereocenters. The number of methoxy groups -OCH3 is 2. The molecule has 0 aliphatic rings. The molecule has 0 amide bonds. The van der Waals surface area contributed by atoms with Crippen molar-refractivity contribution in [2.45, 2.75) is 6.54 Å². The van der Waals surface area contributed by atoms with Crippen molar-refractivity contribution in [3.05, 3.63) is 71.7 Å². The van der Waals surface area contributed by atoms with Crippen molar-refractivity contribution < 1.29 is 23.0 Å². The second kappa shape index (κ2) is 7.86. The summed E-state index contributed by atoms with van der Waals surface area (Å²) in [6, 6.07) is 6.62. The van der Waals surface area contributed by atoms with Crippen LogP contribution in [0.2, 0.25) is 0 Å². The minimum atomic E-state index is -0.659. The Hall–Kier alpha value is -3.88. The van der Waals surface area contributed by atoms with Crippen LogP contribution in [-0.2, 0) is 11.3 Å². The number of rotatable bonds is 5. The Bertz CT molecular complexity index is 1240. The maximum Gasteiger partial charge on any atom is 0.340 e. The normalized spacial score (nSPS) is 10.9. The van der Waals surface area contributed by atoms with Crippen molar-refractivity contribution in [2.75, 3.05) is 14.2 Å². The fourth-order valence-electron chi connectivity index (χ4n) is 3.15. The number of hydrogen-bond donors (Lipinski definition) is 0. The van der Waals surface area contributed by atoms with Gasteiger partial charge >= 0.3 is 5.97 Å². The van der Waals surface area contributed by atoms with Crippen molar-refractivity contribution in [3.8, 4) is 17.1 Å². The molecule has 0 aliphatic heterocycles. The van der Waals surface area contributed by atoms with E-state index in [0.29, 0.717) is 33.6 Å². The molecule has 2 heterocycles. The molecule has 9 heteroatoms. The highest BCUT2D eigenvalue weighted by Gasteiger charge is 2.17. The molecule has 0 spiro atoms. The van der Waals surface area contributed by atoms with Crippen LogP contribution in [0.4, 0.5) is 8.78 Å². The molecule has 0 fully saturated rings. The summed E-state index contributed by atoms with van der Waals surface area (Å²) < 4.78 is 38.9. The van der Waals surface area contributed by atoms with Gasteiger partial charge in [0.2, 0.25) is 0 Å². The number of benzene rings is 2. The van der Waals surface area contributed by atoms with Crippen LogP contribution in [0.5, 0.6) is 5.75 Å². The Morgan fingerprint density at radius 3 is 2.43 bits per heavy atom. The fourth-order valence-corrected chi connectivity index (χ4v) is 3.15. The van der Waals surface area contributed by atoms with Gasteiger partial charge in [0.05, 0.1) is 38.0 Å². The molecule has 0 aliphatic carbocycles. The molecular weight excluding hydrogens is 394 g/mol. The van der Waals surface area contributed by atoms with Crippen LogP contribution < -0.4 is 4.74 Å². The van der Waals surface area contributed by atoms with Crippen LogP contribution >= 0.6 is 0 Å². The Morgan fingerprint density at radius 2 is 1.73 bits per heavy atom. The van der Waals surface area contributed by atoms with Gasteiger partial charge in [0.1, 0.15) is 17.4 Å². The average molecular weight is 410 g/mol. The van der Waals surface area contributed by atoms with E-state index in [9.17, 15) is 13.6 Å².